The van der Waals surface area contributed by atoms with E-state index in [9.17, 15) is 4.79 Å². The van der Waals surface area contributed by atoms with E-state index in [1.54, 1.807) is 18.2 Å². The van der Waals surface area contributed by atoms with Gasteiger partial charge in [-0.25, -0.2) is 0 Å². The number of rotatable bonds is 1. The van der Waals surface area contributed by atoms with Crippen LogP contribution in [-0.4, -0.2) is 37.0 Å². The molecule has 1 amide bonds. The molecule has 3 rings (SSSR count). The molecule has 6 heteroatoms. The SMILES string of the molecule is Cl.O=C(c1cc(Cl)ccc1Cl)N1CCC2(CCNCC2)CC1. The van der Waals surface area contributed by atoms with Crippen molar-refractivity contribution in [1.82, 2.24) is 10.2 Å². The molecule has 0 bridgehead atoms. The van der Waals surface area contributed by atoms with Gasteiger partial charge < -0.3 is 10.2 Å². The molecule has 22 heavy (non-hydrogen) atoms. The maximum atomic E-state index is 12.6. The third kappa shape index (κ3) is 3.70. The highest BCUT2D eigenvalue weighted by Crippen LogP contribution is 2.40. The van der Waals surface area contributed by atoms with Gasteiger partial charge in [-0.1, -0.05) is 23.2 Å². The van der Waals surface area contributed by atoms with Gasteiger partial charge in [0.15, 0.2) is 0 Å². The average molecular weight is 364 g/mol. The third-order valence-electron chi connectivity index (χ3n) is 4.93. The molecule has 1 aromatic rings. The lowest BCUT2D eigenvalue weighted by atomic mass is 9.71. The summed E-state index contributed by atoms with van der Waals surface area (Å²) in [6.45, 7) is 3.85. The van der Waals surface area contributed by atoms with Crippen LogP contribution < -0.4 is 5.32 Å². The van der Waals surface area contributed by atoms with Crippen molar-refractivity contribution in [2.24, 2.45) is 5.41 Å². The van der Waals surface area contributed by atoms with Crippen LogP contribution in [0.3, 0.4) is 0 Å². The molecule has 3 nitrogen and oxygen atoms in total. The van der Waals surface area contributed by atoms with E-state index in [4.69, 9.17) is 23.2 Å². The number of hydrogen-bond donors (Lipinski definition) is 1. The number of nitrogens with zero attached hydrogens (tertiary/aromatic N) is 1. The van der Waals surface area contributed by atoms with Crippen molar-refractivity contribution < 1.29 is 4.79 Å². The maximum absolute atomic E-state index is 12.6. The lowest BCUT2D eigenvalue weighted by molar-refractivity contribution is 0.0496. The van der Waals surface area contributed by atoms with Gasteiger partial charge in [0, 0.05) is 18.1 Å². The first-order valence-electron chi connectivity index (χ1n) is 7.55. The summed E-state index contributed by atoms with van der Waals surface area (Å²) in [5, 5.41) is 4.45. The second-order valence-corrected chi connectivity index (χ2v) is 7.01. The topological polar surface area (TPSA) is 32.3 Å². The quantitative estimate of drug-likeness (QED) is 0.817. The number of hydrogen-bond acceptors (Lipinski definition) is 2. The smallest absolute Gasteiger partial charge is 0.255 e. The van der Waals surface area contributed by atoms with Gasteiger partial charge in [-0.2, -0.15) is 0 Å². The van der Waals surface area contributed by atoms with E-state index >= 15 is 0 Å². The molecule has 2 aliphatic heterocycles. The first kappa shape index (κ1) is 17.9. The van der Waals surface area contributed by atoms with Crippen LogP contribution in [0.15, 0.2) is 18.2 Å². The number of carbonyl (C=O) groups is 1. The van der Waals surface area contributed by atoms with Crippen molar-refractivity contribution in [2.75, 3.05) is 26.2 Å². The molecule has 0 saturated carbocycles. The van der Waals surface area contributed by atoms with Crippen LogP contribution in [0.5, 0.6) is 0 Å². The van der Waals surface area contributed by atoms with E-state index in [0.717, 1.165) is 39.0 Å². The van der Waals surface area contributed by atoms with E-state index < -0.39 is 0 Å². The number of piperidine rings is 2. The zero-order valence-corrected chi connectivity index (χ0v) is 14.7. The Morgan fingerprint density at radius 3 is 2.36 bits per heavy atom. The minimum absolute atomic E-state index is 0. The lowest BCUT2D eigenvalue weighted by Gasteiger charge is -2.44. The fourth-order valence-corrected chi connectivity index (χ4v) is 3.84. The van der Waals surface area contributed by atoms with Crippen molar-refractivity contribution in [3.8, 4) is 0 Å². The molecule has 0 aromatic heterocycles. The predicted molar refractivity (Wildman–Crippen MR) is 93.4 cm³/mol. The van der Waals surface area contributed by atoms with Crippen LogP contribution in [0.4, 0.5) is 0 Å². The van der Waals surface area contributed by atoms with Crippen LogP contribution in [0.1, 0.15) is 36.0 Å². The summed E-state index contributed by atoms with van der Waals surface area (Å²) in [6.07, 6.45) is 4.65. The number of nitrogens with one attached hydrogen (secondary N) is 1. The van der Waals surface area contributed by atoms with Gasteiger partial charge in [0.05, 0.1) is 10.6 Å². The standard InChI is InChI=1S/C16H20Cl2N2O.ClH/c17-12-1-2-14(18)13(11-12)15(21)20-9-5-16(6-10-20)3-7-19-8-4-16;/h1-2,11,19H,3-10H2;1H. The van der Waals surface area contributed by atoms with Crippen molar-refractivity contribution in [2.45, 2.75) is 25.7 Å². The molecule has 1 aromatic carbocycles. The predicted octanol–water partition coefficient (Wildman–Crippen LogP) is 4.02. The summed E-state index contributed by atoms with van der Waals surface area (Å²) >= 11 is 12.1. The molecule has 1 spiro atoms. The zero-order chi connectivity index (χ0) is 14.9. The highest BCUT2D eigenvalue weighted by molar-refractivity contribution is 6.35. The number of amides is 1. The molecule has 0 unspecified atom stereocenters. The Kier molecular flexibility index (Phi) is 6.00. The molecular formula is C16H21Cl3N2O. The van der Waals surface area contributed by atoms with Gasteiger partial charge >= 0.3 is 0 Å². The molecule has 0 atom stereocenters. The summed E-state index contributed by atoms with van der Waals surface area (Å²) in [6, 6.07) is 5.07. The minimum Gasteiger partial charge on any atom is -0.339 e. The first-order chi connectivity index (χ1) is 10.1. The van der Waals surface area contributed by atoms with Gasteiger partial charge in [-0.15, -0.1) is 12.4 Å². The number of benzene rings is 1. The second kappa shape index (κ2) is 7.39. The van der Waals surface area contributed by atoms with Crippen LogP contribution in [-0.2, 0) is 0 Å². The maximum Gasteiger partial charge on any atom is 0.255 e. The summed E-state index contributed by atoms with van der Waals surface area (Å²) in [4.78, 5) is 14.5. The number of carbonyl (C=O) groups excluding carboxylic acids is 1. The van der Waals surface area contributed by atoms with E-state index in [2.05, 4.69) is 5.32 Å². The van der Waals surface area contributed by atoms with Gasteiger partial charge in [0.25, 0.3) is 5.91 Å². The van der Waals surface area contributed by atoms with Gasteiger partial charge in [0.2, 0.25) is 0 Å². The molecule has 1 N–H and O–H groups in total. The Morgan fingerprint density at radius 2 is 1.73 bits per heavy atom. The normalized spacial score (nSPS) is 20.5. The molecule has 0 aliphatic carbocycles. The van der Waals surface area contributed by atoms with E-state index in [-0.39, 0.29) is 18.3 Å². The highest BCUT2D eigenvalue weighted by atomic mass is 35.5. The van der Waals surface area contributed by atoms with E-state index in [1.165, 1.54) is 12.8 Å². The van der Waals surface area contributed by atoms with Crippen molar-refractivity contribution >= 4 is 41.5 Å². The fourth-order valence-electron chi connectivity index (χ4n) is 3.47. The van der Waals surface area contributed by atoms with Crippen LogP contribution in [0, 0.1) is 5.41 Å². The second-order valence-electron chi connectivity index (χ2n) is 6.17. The Hall–Kier alpha value is -0.480. The van der Waals surface area contributed by atoms with Crippen LogP contribution >= 0.6 is 35.6 Å². The average Bonchev–Trinajstić information content (AvgIpc) is 2.51. The van der Waals surface area contributed by atoms with Crippen molar-refractivity contribution in [3.05, 3.63) is 33.8 Å². The Balaban J connectivity index is 0.00000176. The summed E-state index contributed by atoms with van der Waals surface area (Å²) in [5.74, 6) is 0.00582. The third-order valence-corrected chi connectivity index (χ3v) is 5.50. The Morgan fingerprint density at radius 1 is 1.09 bits per heavy atom. The van der Waals surface area contributed by atoms with Gasteiger partial charge in [-0.3, -0.25) is 4.79 Å². The van der Waals surface area contributed by atoms with Crippen LogP contribution in [0.2, 0.25) is 10.0 Å². The summed E-state index contributed by atoms with van der Waals surface area (Å²) < 4.78 is 0. The summed E-state index contributed by atoms with van der Waals surface area (Å²) in [5.41, 5.74) is 0.964. The minimum atomic E-state index is 0. The van der Waals surface area contributed by atoms with Gasteiger partial charge in [-0.05, 0) is 62.4 Å². The molecule has 0 radical (unpaired) electrons. The van der Waals surface area contributed by atoms with E-state index in [0.29, 0.717) is 21.0 Å². The zero-order valence-electron chi connectivity index (χ0n) is 12.4. The number of likely N-dealkylation sites (tertiary alicyclic amines) is 1. The number of halogens is 3. The Labute approximate surface area is 147 Å². The molecule has 2 aliphatic rings. The first-order valence-corrected chi connectivity index (χ1v) is 8.30. The largest absolute Gasteiger partial charge is 0.339 e. The Bertz CT molecular complexity index is 534. The highest BCUT2D eigenvalue weighted by Gasteiger charge is 2.37. The van der Waals surface area contributed by atoms with Crippen LogP contribution in [0.25, 0.3) is 0 Å². The molecule has 2 saturated heterocycles. The molecule has 2 heterocycles. The molecule has 2 fully saturated rings. The van der Waals surface area contributed by atoms with Crippen molar-refractivity contribution in [3.63, 3.8) is 0 Å². The van der Waals surface area contributed by atoms with E-state index in [1.807, 2.05) is 4.90 Å². The summed E-state index contributed by atoms with van der Waals surface area (Å²) in [7, 11) is 0. The molecule has 122 valence electrons. The van der Waals surface area contributed by atoms with Gasteiger partial charge in [0.1, 0.15) is 0 Å². The van der Waals surface area contributed by atoms with Crippen molar-refractivity contribution in [1.29, 1.82) is 0 Å². The monoisotopic (exact) mass is 362 g/mol. The molecular weight excluding hydrogens is 343 g/mol. The fraction of sp³-hybridized carbons (Fsp3) is 0.562. The lowest BCUT2D eigenvalue weighted by Crippen LogP contribution is -2.47.